The van der Waals surface area contributed by atoms with Crippen molar-refractivity contribution >= 4 is 5.91 Å². The fourth-order valence-corrected chi connectivity index (χ4v) is 2.89. The molecule has 1 atom stereocenters. The molecule has 2 heterocycles. The first-order valence-corrected chi connectivity index (χ1v) is 7.72. The smallest absolute Gasteiger partial charge is 0.237 e. The van der Waals surface area contributed by atoms with Crippen LogP contribution in [0.4, 0.5) is 0 Å². The molecule has 1 aromatic heterocycles. The lowest BCUT2D eigenvalue weighted by molar-refractivity contribution is -0.118. The van der Waals surface area contributed by atoms with Crippen LogP contribution >= 0.6 is 0 Å². The first-order valence-electron chi connectivity index (χ1n) is 7.72. The van der Waals surface area contributed by atoms with Crippen LogP contribution in [-0.2, 0) is 11.3 Å². The minimum absolute atomic E-state index is 0.206. The van der Waals surface area contributed by atoms with Crippen molar-refractivity contribution in [1.29, 1.82) is 0 Å². The Morgan fingerprint density at radius 2 is 2.13 bits per heavy atom. The monoisotopic (exact) mass is 312 g/mol. The van der Waals surface area contributed by atoms with Crippen LogP contribution in [0.5, 0.6) is 11.6 Å². The molecule has 2 aromatic rings. The Hall–Kier alpha value is -2.47. The highest BCUT2D eigenvalue weighted by Gasteiger charge is 2.23. The summed E-state index contributed by atoms with van der Waals surface area (Å²) in [4.78, 5) is 21.4. The van der Waals surface area contributed by atoms with Gasteiger partial charge in [0.25, 0.3) is 0 Å². The molecule has 1 aromatic carbocycles. The second-order valence-electron chi connectivity index (χ2n) is 5.85. The Morgan fingerprint density at radius 1 is 1.30 bits per heavy atom. The summed E-state index contributed by atoms with van der Waals surface area (Å²) in [5, 5.41) is 0. The van der Waals surface area contributed by atoms with E-state index in [1.807, 2.05) is 24.3 Å². The van der Waals surface area contributed by atoms with Gasteiger partial charge in [-0.05, 0) is 36.6 Å². The largest absolute Gasteiger partial charge is 0.438 e. The van der Waals surface area contributed by atoms with Gasteiger partial charge in [0, 0.05) is 31.9 Å². The number of rotatable bonds is 6. The third kappa shape index (κ3) is 4.50. The molecule has 120 valence electrons. The number of benzene rings is 1. The fraction of sp³-hybridized carbons (Fsp3) is 0.353. The highest BCUT2D eigenvalue weighted by atomic mass is 16.5. The molecule has 0 bridgehead atoms. The molecule has 1 unspecified atom stereocenters. The Balaban J connectivity index is 1.53. The Morgan fingerprint density at radius 3 is 2.83 bits per heavy atom. The third-order valence-corrected chi connectivity index (χ3v) is 3.95. The van der Waals surface area contributed by atoms with Crippen LogP contribution in [-0.4, -0.2) is 33.9 Å². The van der Waals surface area contributed by atoms with Crippen molar-refractivity contribution in [2.24, 2.45) is 11.7 Å². The maximum Gasteiger partial charge on any atom is 0.237 e. The summed E-state index contributed by atoms with van der Waals surface area (Å²) in [6, 6.07) is 7.96. The summed E-state index contributed by atoms with van der Waals surface area (Å²) in [5.74, 6) is 1.41. The second-order valence-corrected chi connectivity index (χ2v) is 5.85. The van der Waals surface area contributed by atoms with Crippen molar-refractivity contribution in [2.45, 2.75) is 19.4 Å². The first-order chi connectivity index (χ1) is 11.2. The maximum absolute atomic E-state index is 11.0. The normalized spacial score (nSPS) is 18.0. The van der Waals surface area contributed by atoms with Gasteiger partial charge >= 0.3 is 0 Å². The summed E-state index contributed by atoms with van der Waals surface area (Å²) in [7, 11) is 0. The molecule has 1 aliphatic heterocycles. The lowest BCUT2D eigenvalue weighted by Gasteiger charge is -2.16. The number of amides is 1. The van der Waals surface area contributed by atoms with E-state index < -0.39 is 0 Å². The summed E-state index contributed by atoms with van der Waals surface area (Å²) in [5.41, 5.74) is 6.49. The number of hydrogen-bond donors (Lipinski definition) is 1. The molecule has 1 aliphatic rings. The summed E-state index contributed by atoms with van der Waals surface area (Å²) in [6.45, 7) is 2.82. The number of nitrogens with two attached hydrogens (primary N) is 1. The number of hydrogen-bond acceptors (Lipinski definition) is 5. The number of aromatic nitrogens is 2. The zero-order chi connectivity index (χ0) is 16.1. The topological polar surface area (TPSA) is 81.3 Å². The van der Waals surface area contributed by atoms with Crippen molar-refractivity contribution in [2.75, 3.05) is 13.1 Å². The first kappa shape index (κ1) is 15.4. The van der Waals surface area contributed by atoms with Crippen LogP contribution in [0.15, 0.2) is 42.9 Å². The molecule has 6 nitrogen and oxygen atoms in total. The average molecular weight is 312 g/mol. The molecule has 2 N–H and O–H groups in total. The predicted octanol–water partition coefficient (Wildman–Crippen LogP) is 1.97. The van der Waals surface area contributed by atoms with Gasteiger partial charge in [0.2, 0.25) is 11.8 Å². The van der Waals surface area contributed by atoms with Crippen LogP contribution in [0.1, 0.15) is 18.4 Å². The van der Waals surface area contributed by atoms with E-state index in [0.29, 0.717) is 18.2 Å². The van der Waals surface area contributed by atoms with Gasteiger partial charge in [0.15, 0.2) is 0 Å². The molecular weight excluding hydrogens is 292 g/mol. The van der Waals surface area contributed by atoms with E-state index >= 15 is 0 Å². The van der Waals surface area contributed by atoms with Gasteiger partial charge in [-0.2, -0.15) is 0 Å². The van der Waals surface area contributed by atoms with Crippen LogP contribution in [0.3, 0.4) is 0 Å². The van der Waals surface area contributed by atoms with Gasteiger partial charge in [-0.3, -0.25) is 14.7 Å². The molecule has 0 radical (unpaired) electrons. The molecule has 0 spiro atoms. The van der Waals surface area contributed by atoms with Crippen molar-refractivity contribution in [3.63, 3.8) is 0 Å². The highest BCUT2D eigenvalue weighted by Crippen LogP contribution is 2.23. The molecule has 0 aliphatic carbocycles. The van der Waals surface area contributed by atoms with Crippen molar-refractivity contribution in [3.05, 3.63) is 48.4 Å². The van der Waals surface area contributed by atoms with Crippen molar-refractivity contribution < 1.29 is 9.53 Å². The molecule has 1 amide bonds. The summed E-state index contributed by atoms with van der Waals surface area (Å²) in [6.07, 6.45) is 6.31. The standard InChI is InChI=1S/C17H20N4O2/c18-16(22)9-14-5-8-21(12-14)11-13-1-3-15(4-2-13)23-17-10-19-6-7-20-17/h1-4,6-7,10,14H,5,8-9,11-12H2,(H2,18,22). The highest BCUT2D eigenvalue weighted by molar-refractivity contribution is 5.74. The third-order valence-electron chi connectivity index (χ3n) is 3.95. The number of carbonyl (C=O) groups is 1. The molecular formula is C17H20N4O2. The van der Waals surface area contributed by atoms with Crippen molar-refractivity contribution in [3.8, 4) is 11.6 Å². The van der Waals surface area contributed by atoms with E-state index in [1.54, 1.807) is 18.6 Å². The molecule has 23 heavy (non-hydrogen) atoms. The molecule has 1 fully saturated rings. The Kier molecular flexibility index (Phi) is 4.83. The lowest BCUT2D eigenvalue weighted by atomic mass is 10.1. The number of primary amides is 1. The van der Waals surface area contributed by atoms with E-state index in [0.717, 1.165) is 31.8 Å². The zero-order valence-electron chi connectivity index (χ0n) is 12.9. The minimum atomic E-state index is -0.206. The molecule has 0 saturated carbocycles. The van der Waals surface area contributed by atoms with Gasteiger partial charge in [0.05, 0.1) is 6.20 Å². The van der Waals surface area contributed by atoms with Crippen molar-refractivity contribution in [1.82, 2.24) is 14.9 Å². The fourth-order valence-electron chi connectivity index (χ4n) is 2.89. The van der Waals surface area contributed by atoms with Gasteiger partial charge in [-0.25, -0.2) is 4.98 Å². The molecule has 3 rings (SSSR count). The van der Waals surface area contributed by atoms with E-state index in [4.69, 9.17) is 10.5 Å². The van der Waals surface area contributed by atoms with Gasteiger partial charge in [0.1, 0.15) is 5.75 Å². The van der Waals surface area contributed by atoms with Crippen LogP contribution in [0, 0.1) is 5.92 Å². The van der Waals surface area contributed by atoms with E-state index in [-0.39, 0.29) is 5.91 Å². The van der Waals surface area contributed by atoms with Gasteiger partial charge < -0.3 is 10.5 Å². The van der Waals surface area contributed by atoms with E-state index in [2.05, 4.69) is 14.9 Å². The van der Waals surface area contributed by atoms with Gasteiger partial charge in [-0.15, -0.1) is 0 Å². The summed E-state index contributed by atoms with van der Waals surface area (Å²) < 4.78 is 5.63. The maximum atomic E-state index is 11.0. The Bertz CT molecular complexity index is 645. The van der Waals surface area contributed by atoms with E-state index in [9.17, 15) is 4.79 Å². The molecule has 1 saturated heterocycles. The number of ether oxygens (including phenoxy) is 1. The SMILES string of the molecule is NC(=O)CC1CCN(Cc2ccc(Oc3cnccn3)cc2)C1. The van der Waals surface area contributed by atoms with Gasteiger partial charge in [-0.1, -0.05) is 12.1 Å². The predicted molar refractivity (Wildman–Crippen MR) is 85.7 cm³/mol. The van der Waals surface area contributed by atoms with Crippen LogP contribution in [0.2, 0.25) is 0 Å². The summed E-state index contributed by atoms with van der Waals surface area (Å²) >= 11 is 0. The van der Waals surface area contributed by atoms with Crippen LogP contribution < -0.4 is 10.5 Å². The van der Waals surface area contributed by atoms with E-state index in [1.165, 1.54) is 5.56 Å². The quantitative estimate of drug-likeness (QED) is 0.882. The van der Waals surface area contributed by atoms with Crippen LogP contribution in [0.25, 0.3) is 0 Å². The lowest BCUT2D eigenvalue weighted by Crippen LogP contribution is -2.22. The number of nitrogens with zero attached hydrogens (tertiary/aromatic N) is 3. The minimum Gasteiger partial charge on any atom is -0.438 e. The molecule has 6 heteroatoms. The number of carbonyl (C=O) groups excluding carboxylic acids is 1. The second kappa shape index (κ2) is 7.19. The Labute approximate surface area is 135 Å². The average Bonchev–Trinajstić information content (AvgIpc) is 2.96. The zero-order valence-corrected chi connectivity index (χ0v) is 12.9. The number of likely N-dealkylation sites (tertiary alicyclic amines) is 1.